The Hall–Kier alpha value is -1.98. The van der Waals surface area contributed by atoms with E-state index in [1.165, 1.54) is 6.92 Å². The number of hydrogen-bond donors (Lipinski definition) is 1. The van der Waals surface area contributed by atoms with Gasteiger partial charge in [0, 0.05) is 18.7 Å². The second-order valence-corrected chi connectivity index (χ2v) is 3.24. The van der Waals surface area contributed by atoms with Gasteiger partial charge in [-0.05, 0) is 19.4 Å². The molecule has 0 saturated heterocycles. The zero-order valence-corrected chi connectivity index (χ0v) is 8.91. The van der Waals surface area contributed by atoms with Crippen molar-refractivity contribution in [2.45, 2.75) is 13.8 Å². The fourth-order valence-corrected chi connectivity index (χ4v) is 1.28. The molecular formula is C10H11FN2O3. The van der Waals surface area contributed by atoms with Gasteiger partial charge in [-0.2, -0.15) is 0 Å². The fraction of sp³-hybridized carbons (Fsp3) is 0.300. The van der Waals surface area contributed by atoms with Gasteiger partial charge in [0.1, 0.15) is 5.82 Å². The van der Waals surface area contributed by atoms with Gasteiger partial charge in [0.25, 0.3) is 11.6 Å². The van der Waals surface area contributed by atoms with Crippen LogP contribution in [0.15, 0.2) is 12.1 Å². The third-order valence-corrected chi connectivity index (χ3v) is 2.03. The van der Waals surface area contributed by atoms with Crippen molar-refractivity contribution < 1.29 is 14.1 Å². The zero-order chi connectivity index (χ0) is 12.3. The van der Waals surface area contributed by atoms with Crippen LogP contribution >= 0.6 is 0 Å². The number of benzene rings is 1. The van der Waals surface area contributed by atoms with Crippen LogP contribution in [0.5, 0.6) is 0 Å². The lowest BCUT2D eigenvalue weighted by Crippen LogP contribution is -2.24. The standard InChI is InChI=1S/C10H11FN2O3/c1-3-12-10(14)8-5-7(13(15)16)4-6(2)9(8)11/h4-5H,3H2,1-2H3,(H,12,14). The molecule has 1 amide bonds. The monoisotopic (exact) mass is 226 g/mol. The summed E-state index contributed by atoms with van der Waals surface area (Å²) in [5.74, 6) is -1.37. The Kier molecular flexibility index (Phi) is 3.55. The molecule has 1 rings (SSSR count). The SMILES string of the molecule is CCNC(=O)c1cc([N+](=O)[O-])cc(C)c1F. The van der Waals surface area contributed by atoms with E-state index in [4.69, 9.17) is 0 Å². The summed E-state index contributed by atoms with van der Waals surface area (Å²) in [6.07, 6.45) is 0. The van der Waals surface area contributed by atoms with E-state index in [1.54, 1.807) is 6.92 Å². The quantitative estimate of drug-likeness (QED) is 0.630. The normalized spacial score (nSPS) is 9.94. The minimum Gasteiger partial charge on any atom is -0.352 e. The Labute approximate surface area is 91.4 Å². The number of carbonyl (C=O) groups excluding carboxylic acids is 1. The van der Waals surface area contributed by atoms with Crippen LogP contribution in [0.1, 0.15) is 22.8 Å². The number of rotatable bonds is 3. The first-order valence-electron chi connectivity index (χ1n) is 4.70. The summed E-state index contributed by atoms with van der Waals surface area (Å²) in [7, 11) is 0. The van der Waals surface area contributed by atoms with E-state index in [-0.39, 0.29) is 16.8 Å². The van der Waals surface area contributed by atoms with Gasteiger partial charge >= 0.3 is 0 Å². The highest BCUT2D eigenvalue weighted by molar-refractivity contribution is 5.95. The van der Waals surface area contributed by atoms with Crippen LogP contribution < -0.4 is 5.32 Å². The molecule has 0 radical (unpaired) electrons. The van der Waals surface area contributed by atoms with Crippen LogP contribution in [0.2, 0.25) is 0 Å². The molecule has 0 heterocycles. The molecule has 1 aromatic carbocycles. The summed E-state index contributed by atoms with van der Waals surface area (Å²) in [5.41, 5.74) is -0.510. The highest BCUT2D eigenvalue weighted by atomic mass is 19.1. The average molecular weight is 226 g/mol. The Bertz CT molecular complexity index is 446. The molecule has 0 unspecified atom stereocenters. The van der Waals surface area contributed by atoms with E-state index in [0.717, 1.165) is 12.1 Å². The first-order chi connectivity index (χ1) is 7.47. The minimum atomic E-state index is -0.725. The molecule has 0 fully saturated rings. The molecule has 0 aliphatic rings. The average Bonchev–Trinajstić information content (AvgIpc) is 2.21. The number of nitro groups is 1. The molecular weight excluding hydrogens is 215 g/mol. The number of halogens is 1. The number of hydrogen-bond acceptors (Lipinski definition) is 3. The first kappa shape index (κ1) is 12.1. The summed E-state index contributed by atoms with van der Waals surface area (Å²) >= 11 is 0. The molecule has 16 heavy (non-hydrogen) atoms. The van der Waals surface area contributed by atoms with Gasteiger partial charge in [-0.1, -0.05) is 0 Å². The third kappa shape index (κ3) is 2.33. The minimum absolute atomic E-state index is 0.0791. The predicted octanol–water partition coefficient (Wildman–Crippen LogP) is 1.79. The third-order valence-electron chi connectivity index (χ3n) is 2.03. The molecule has 0 saturated carbocycles. The maximum atomic E-state index is 13.5. The molecule has 6 heteroatoms. The maximum absolute atomic E-state index is 13.5. The lowest BCUT2D eigenvalue weighted by atomic mass is 10.1. The summed E-state index contributed by atoms with van der Waals surface area (Å²) in [5, 5.41) is 12.9. The van der Waals surface area contributed by atoms with E-state index in [9.17, 15) is 19.3 Å². The number of non-ortho nitro benzene ring substituents is 1. The van der Waals surface area contributed by atoms with Crippen molar-refractivity contribution in [3.8, 4) is 0 Å². The van der Waals surface area contributed by atoms with E-state index in [1.807, 2.05) is 0 Å². The van der Waals surface area contributed by atoms with Gasteiger partial charge in [0.2, 0.25) is 0 Å². The molecule has 1 aromatic rings. The van der Waals surface area contributed by atoms with Crippen LogP contribution in [-0.4, -0.2) is 17.4 Å². The maximum Gasteiger partial charge on any atom is 0.270 e. The van der Waals surface area contributed by atoms with Gasteiger partial charge in [0.05, 0.1) is 10.5 Å². The molecule has 0 bridgehead atoms. The number of aryl methyl sites for hydroxylation is 1. The number of nitro benzene ring substituents is 1. The summed E-state index contributed by atoms with van der Waals surface area (Å²) in [6, 6.07) is 2.03. The summed E-state index contributed by atoms with van der Waals surface area (Å²) < 4.78 is 13.5. The molecule has 0 aliphatic heterocycles. The Morgan fingerprint density at radius 1 is 1.56 bits per heavy atom. The van der Waals surface area contributed by atoms with Crippen molar-refractivity contribution >= 4 is 11.6 Å². The highest BCUT2D eigenvalue weighted by Crippen LogP contribution is 2.20. The van der Waals surface area contributed by atoms with Crippen molar-refractivity contribution in [2.75, 3.05) is 6.54 Å². The molecule has 86 valence electrons. The number of carbonyl (C=O) groups is 1. The molecule has 5 nitrogen and oxygen atoms in total. The van der Waals surface area contributed by atoms with Crippen LogP contribution in [-0.2, 0) is 0 Å². The van der Waals surface area contributed by atoms with Gasteiger partial charge in [-0.25, -0.2) is 4.39 Å². The largest absolute Gasteiger partial charge is 0.352 e. The number of nitrogens with one attached hydrogen (secondary N) is 1. The number of nitrogens with zero attached hydrogens (tertiary/aromatic N) is 1. The predicted molar refractivity (Wildman–Crippen MR) is 55.8 cm³/mol. The molecule has 0 spiro atoms. The van der Waals surface area contributed by atoms with Gasteiger partial charge in [0.15, 0.2) is 0 Å². The Morgan fingerprint density at radius 3 is 2.69 bits per heavy atom. The molecule has 1 N–H and O–H groups in total. The van der Waals surface area contributed by atoms with Crippen LogP contribution in [0.25, 0.3) is 0 Å². The van der Waals surface area contributed by atoms with Crippen molar-refractivity contribution in [3.63, 3.8) is 0 Å². The summed E-state index contributed by atoms with van der Waals surface area (Å²) in [4.78, 5) is 21.3. The second-order valence-electron chi connectivity index (χ2n) is 3.24. The Balaban J connectivity index is 3.26. The topological polar surface area (TPSA) is 72.2 Å². The Morgan fingerprint density at radius 2 is 2.19 bits per heavy atom. The van der Waals surface area contributed by atoms with Crippen LogP contribution in [0, 0.1) is 22.9 Å². The second kappa shape index (κ2) is 4.69. The van der Waals surface area contributed by atoms with Crippen molar-refractivity contribution in [3.05, 3.63) is 39.2 Å². The van der Waals surface area contributed by atoms with Crippen molar-refractivity contribution in [1.82, 2.24) is 5.32 Å². The molecule has 0 aromatic heterocycles. The number of amides is 1. The van der Waals surface area contributed by atoms with E-state index < -0.39 is 16.6 Å². The van der Waals surface area contributed by atoms with E-state index in [2.05, 4.69) is 5.32 Å². The van der Waals surface area contributed by atoms with Crippen LogP contribution in [0.3, 0.4) is 0 Å². The van der Waals surface area contributed by atoms with Gasteiger partial charge < -0.3 is 5.32 Å². The van der Waals surface area contributed by atoms with Gasteiger partial charge in [-0.3, -0.25) is 14.9 Å². The van der Waals surface area contributed by atoms with Crippen molar-refractivity contribution in [2.24, 2.45) is 0 Å². The lowest BCUT2D eigenvalue weighted by Gasteiger charge is -2.05. The molecule has 0 atom stereocenters. The highest BCUT2D eigenvalue weighted by Gasteiger charge is 2.18. The smallest absolute Gasteiger partial charge is 0.270 e. The fourth-order valence-electron chi connectivity index (χ4n) is 1.28. The summed E-state index contributed by atoms with van der Waals surface area (Å²) in [6.45, 7) is 3.39. The van der Waals surface area contributed by atoms with Crippen LogP contribution in [0.4, 0.5) is 10.1 Å². The lowest BCUT2D eigenvalue weighted by molar-refractivity contribution is -0.385. The molecule has 0 aliphatic carbocycles. The first-order valence-corrected chi connectivity index (χ1v) is 4.70. The van der Waals surface area contributed by atoms with E-state index >= 15 is 0 Å². The zero-order valence-electron chi connectivity index (χ0n) is 8.91. The van der Waals surface area contributed by atoms with Crippen molar-refractivity contribution in [1.29, 1.82) is 0 Å². The van der Waals surface area contributed by atoms with E-state index in [0.29, 0.717) is 6.54 Å². The van der Waals surface area contributed by atoms with Gasteiger partial charge in [-0.15, -0.1) is 0 Å².